The lowest BCUT2D eigenvalue weighted by molar-refractivity contribution is -0.139. The van der Waals surface area contributed by atoms with Crippen molar-refractivity contribution in [2.75, 3.05) is 0 Å². The molecule has 0 saturated carbocycles. The van der Waals surface area contributed by atoms with Gasteiger partial charge in [0.15, 0.2) is 0 Å². The minimum atomic E-state index is -4.52. The quantitative estimate of drug-likeness (QED) is 0.700. The highest BCUT2D eigenvalue weighted by Gasteiger charge is 2.30. The maximum atomic E-state index is 12.6. The summed E-state index contributed by atoms with van der Waals surface area (Å²) in [5.74, 6) is -2.09. The number of fused-ring (bicyclic) bond motifs is 1. The molecule has 0 bridgehead atoms. The molecule has 1 amide bonds. The second kappa shape index (κ2) is 7.63. The van der Waals surface area contributed by atoms with Crippen molar-refractivity contribution in [3.8, 4) is 0 Å². The van der Waals surface area contributed by atoms with Crippen molar-refractivity contribution in [2.45, 2.75) is 18.6 Å². The second-order valence-corrected chi connectivity index (χ2v) is 5.99. The number of carbonyl (C=O) groups excluding carboxylic acids is 1. The lowest BCUT2D eigenvalue weighted by atomic mass is 10.1. The number of halogens is 3. The van der Waals surface area contributed by atoms with E-state index in [4.69, 9.17) is 0 Å². The zero-order valence-corrected chi connectivity index (χ0v) is 14.3. The molecule has 2 N–H and O–H groups in total. The van der Waals surface area contributed by atoms with Gasteiger partial charge in [0.25, 0.3) is 5.91 Å². The molecule has 6 nitrogen and oxygen atoms in total. The van der Waals surface area contributed by atoms with E-state index < -0.39 is 29.7 Å². The molecule has 0 radical (unpaired) electrons. The van der Waals surface area contributed by atoms with Crippen molar-refractivity contribution in [1.29, 1.82) is 0 Å². The van der Waals surface area contributed by atoms with E-state index in [-0.39, 0.29) is 12.0 Å². The molecule has 2 aromatic carbocycles. The first-order valence-electron chi connectivity index (χ1n) is 8.15. The number of alkyl halides is 3. The molecule has 28 heavy (non-hydrogen) atoms. The fourth-order valence-electron chi connectivity index (χ4n) is 2.56. The number of hydrogen-bond donors (Lipinski definition) is 2. The van der Waals surface area contributed by atoms with Crippen LogP contribution in [-0.4, -0.2) is 33.0 Å². The van der Waals surface area contributed by atoms with E-state index in [1.54, 1.807) is 24.3 Å². The topological polar surface area (TPSA) is 92.2 Å². The summed E-state index contributed by atoms with van der Waals surface area (Å²) in [6.45, 7) is 0. The molecule has 144 valence electrons. The molecule has 0 aliphatic heterocycles. The van der Waals surface area contributed by atoms with Crippen molar-refractivity contribution in [2.24, 2.45) is 0 Å². The Morgan fingerprint density at radius 2 is 1.68 bits per heavy atom. The summed E-state index contributed by atoms with van der Waals surface area (Å²) in [7, 11) is 0. The summed E-state index contributed by atoms with van der Waals surface area (Å²) in [4.78, 5) is 32.2. The van der Waals surface area contributed by atoms with Crippen molar-refractivity contribution >= 4 is 22.9 Å². The smallest absolute Gasteiger partial charge is 0.416 e. The van der Waals surface area contributed by atoms with Crippen LogP contribution in [0.1, 0.15) is 21.6 Å². The van der Waals surface area contributed by atoms with Gasteiger partial charge < -0.3 is 10.4 Å². The fourth-order valence-corrected chi connectivity index (χ4v) is 2.56. The van der Waals surface area contributed by atoms with Crippen LogP contribution in [0.15, 0.2) is 54.7 Å². The molecule has 0 aliphatic carbocycles. The van der Waals surface area contributed by atoms with Crippen LogP contribution < -0.4 is 5.32 Å². The number of aliphatic carboxylic acids is 1. The van der Waals surface area contributed by atoms with E-state index in [0.717, 1.165) is 24.3 Å². The van der Waals surface area contributed by atoms with Gasteiger partial charge in [-0.15, -0.1) is 0 Å². The number of rotatable bonds is 5. The number of amides is 1. The maximum Gasteiger partial charge on any atom is 0.416 e. The Balaban J connectivity index is 1.75. The Morgan fingerprint density at radius 3 is 2.29 bits per heavy atom. The Hall–Kier alpha value is -3.49. The summed E-state index contributed by atoms with van der Waals surface area (Å²) < 4.78 is 37.8. The number of nitrogens with zero attached hydrogens (tertiary/aromatic N) is 2. The Bertz CT molecular complexity index is 1020. The predicted octanol–water partition coefficient (Wildman–Crippen LogP) is 3.07. The highest BCUT2D eigenvalue weighted by atomic mass is 19.4. The van der Waals surface area contributed by atoms with Crippen molar-refractivity contribution in [3.63, 3.8) is 0 Å². The third-order valence-electron chi connectivity index (χ3n) is 3.99. The standard InChI is InChI=1S/C19H14F3N3O3/c20-19(21,22)12-7-5-11(6-8-12)17(26)25-16(18(27)28)9-13-10-23-14-3-1-2-4-15(14)24-13/h1-8,10,16H,9H2,(H,25,26)(H,27,28)/t16-/m0/s1. The number of carbonyl (C=O) groups is 2. The van der Waals surface area contributed by atoms with Gasteiger partial charge in [-0.25, -0.2) is 9.78 Å². The predicted molar refractivity (Wildman–Crippen MR) is 93.6 cm³/mol. The number of hydrogen-bond acceptors (Lipinski definition) is 4. The van der Waals surface area contributed by atoms with E-state index in [0.29, 0.717) is 16.7 Å². The van der Waals surface area contributed by atoms with Crippen LogP contribution in [0.25, 0.3) is 11.0 Å². The summed E-state index contributed by atoms with van der Waals surface area (Å²) in [6.07, 6.45) is -3.23. The number of para-hydroxylation sites is 2. The largest absolute Gasteiger partial charge is 0.480 e. The normalized spacial score (nSPS) is 12.5. The molecule has 1 heterocycles. The number of carboxylic acids is 1. The highest BCUT2D eigenvalue weighted by Crippen LogP contribution is 2.29. The summed E-state index contributed by atoms with van der Waals surface area (Å²) >= 11 is 0. The first kappa shape index (κ1) is 19.3. The zero-order chi connectivity index (χ0) is 20.3. The monoisotopic (exact) mass is 389 g/mol. The van der Waals surface area contributed by atoms with E-state index in [1.807, 2.05) is 0 Å². The van der Waals surface area contributed by atoms with E-state index in [2.05, 4.69) is 15.3 Å². The number of carboxylic acid groups (broad SMARTS) is 1. The first-order chi connectivity index (χ1) is 13.2. The van der Waals surface area contributed by atoms with Crippen LogP contribution in [0.5, 0.6) is 0 Å². The molecule has 9 heteroatoms. The Labute approximate surface area is 157 Å². The van der Waals surface area contributed by atoms with Crippen LogP contribution in [0, 0.1) is 0 Å². The van der Waals surface area contributed by atoms with Crippen molar-refractivity contribution in [3.05, 3.63) is 71.5 Å². The number of nitrogens with one attached hydrogen (secondary N) is 1. The SMILES string of the molecule is O=C(N[C@@H](Cc1cnc2ccccc2n1)C(=O)O)c1ccc(C(F)(F)F)cc1. The van der Waals surface area contributed by atoms with Crippen molar-refractivity contribution in [1.82, 2.24) is 15.3 Å². The highest BCUT2D eigenvalue weighted by molar-refractivity contribution is 5.96. The Kier molecular flexibility index (Phi) is 5.25. The van der Waals surface area contributed by atoms with Gasteiger partial charge in [-0.3, -0.25) is 9.78 Å². The molecule has 3 rings (SSSR count). The van der Waals surface area contributed by atoms with Crippen LogP contribution in [0.4, 0.5) is 13.2 Å². The minimum absolute atomic E-state index is 0.0798. The molecule has 0 saturated heterocycles. The van der Waals surface area contributed by atoms with Gasteiger partial charge in [0, 0.05) is 18.2 Å². The lowest BCUT2D eigenvalue weighted by Crippen LogP contribution is -2.42. The van der Waals surface area contributed by atoms with E-state index in [1.165, 1.54) is 6.20 Å². The molecular weight excluding hydrogens is 375 g/mol. The van der Waals surface area contributed by atoms with Gasteiger partial charge in [0.05, 0.1) is 22.3 Å². The molecule has 1 aromatic heterocycles. The third-order valence-corrected chi connectivity index (χ3v) is 3.99. The average molecular weight is 389 g/mol. The van der Waals surface area contributed by atoms with Gasteiger partial charge in [-0.05, 0) is 36.4 Å². The molecule has 0 spiro atoms. The lowest BCUT2D eigenvalue weighted by Gasteiger charge is -2.15. The van der Waals surface area contributed by atoms with Crippen LogP contribution in [0.2, 0.25) is 0 Å². The van der Waals surface area contributed by atoms with Crippen LogP contribution in [0.3, 0.4) is 0 Å². The summed E-state index contributed by atoms with van der Waals surface area (Å²) in [5.41, 5.74) is 0.609. The summed E-state index contributed by atoms with van der Waals surface area (Å²) in [5, 5.41) is 11.7. The van der Waals surface area contributed by atoms with Crippen LogP contribution >= 0.6 is 0 Å². The molecule has 0 unspecified atom stereocenters. The molecular formula is C19H14F3N3O3. The van der Waals surface area contributed by atoms with E-state index in [9.17, 15) is 27.9 Å². The average Bonchev–Trinajstić information content (AvgIpc) is 2.66. The molecule has 3 aromatic rings. The van der Waals surface area contributed by atoms with Crippen molar-refractivity contribution < 1.29 is 27.9 Å². The second-order valence-electron chi connectivity index (χ2n) is 5.99. The molecule has 0 aliphatic rings. The minimum Gasteiger partial charge on any atom is -0.480 e. The number of benzene rings is 2. The van der Waals surface area contributed by atoms with Crippen LogP contribution in [-0.2, 0) is 17.4 Å². The number of aromatic nitrogens is 2. The van der Waals surface area contributed by atoms with Gasteiger partial charge in [-0.2, -0.15) is 13.2 Å². The van der Waals surface area contributed by atoms with E-state index >= 15 is 0 Å². The third kappa shape index (κ3) is 4.43. The molecule has 0 fully saturated rings. The van der Waals surface area contributed by atoms with Gasteiger partial charge in [0.1, 0.15) is 6.04 Å². The first-order valence-corrected chi connectivity index (χ1v) is 8.15. The fraction of sp³-hybridized carbons (Fsp3) is 0.158. The van der Waals surface area contributed by atoms with Gasteiger partial charge in [0.2, 0.25) is 0 Å². The maximum absolute atomic E-state index is 12.6. The van der Waals surface area contributed by atoms with Gasteiger partial charge in [-0.1, -0.05) is 12.1 Å². The molecule has 1 atom stereocenters. The zero-order valence-electron chi connectivity index (χ0n) is 14.3. The van der Waals surface area contributed by atoms with Gasteiger partial charge >= 0.3 is 12.1 Å². The Morgan fingerprint density at radius 1 is 1.04 bits per heavy atom. The summed E-state index contributed by atoms with van der Waals surface area (Å²) in [6, 6.07) is 9.24.